The molecular weight excluding hydrogens is 422 g/mol. The van der Waals surface area contributed by atoms with Crippen LogP contribution in [0.4, 0.5) is 5.69 Å². The van der Waals surface area contributed by atoms with Crippen molar-refractivity contribution < 1.29 is 27.5 Å². The number of sulfonamides is 1. The molecule has 0 aromatic heterocycles. The van der Waals surface area contributed by atoms with Crippen LogP contribution in [0, 0.1) is 0 Å². The highest BCUT2D eigenvalue weighted by atomic mass is 32.2. The Hall–Kier alpha value is -3.11. The summed E-state index contributed by atoms with van der Waals surface area (Å²) in [5.41, 5.74) is 0.949. The summed E-state index contributed by atoms with van der Waals surface area (Å²) in [6.07, 6.45) is 1.00. The van der Waals surface area contributed by atoms with Crippen LogP contribution in [0.25, 0.3) is 0 Å². The number of hydrogen-bond acceptors (Lipinski definition) is 6. The van der Waals surface area contributed by atoms with Crippen LogP contribution in [0.5, 0.6) is 11.5 Å². The topological polar surface area (TPSA) is 114 Å². The smallest absolute Gasteiger partial charge is 0.251 e. The number of carbonyl (C=O) groups excluding carboxylic acids is 2. The van der Waals surface area contributed by atoms with Crippen molar-refractivity contribution in [2.24, 2.45) is 0 Å². The first-order valence-corrected chi connectivity index (χ1v) is 11.4. The number of nitrogens with zero attached hydrogens (tertiary/aromatic N) is 1. The van der Waals surface area contributed by atoms with E-state index < -0.39 is 22.0 Å². The highest BCUT2D eigenvalue weighted by Gasteiger charge is 2.40. The van der Waals surface area contributed by atoms with Crippen molar-refractivity contribution in [1.29, 1.82) is 0 Å². The minimum absolute atomic E-state index is 0.0615. The standard InChI is InChI=1S/C21H23N3O6S/c1-22-20(25)14-4-6-15(7-5-14)23-21(26)17-3-2-10-24(17)31(27,28)16-8-9-18-19(13-16)30-12-11-29-18/h4-9,13,17H,2-3,10-12H2,1H3,(H,22,25)(H,23,26). The number of nitrogens with one attached hydrogen (secondary N) is 2. The van der Waals surface area contributed by atoms with Crippen LogP contribution in [0.15, 0.2) is 47.4 Å². The fourth-order valence-electron chi connectivity index (χ4n) is 3.68. The summed E-state index contributed by atoms with van der Waals surface area (Å²) in [7, 11) is -2.36. The Kier molecular flexibility index (Phi) is 5.84. The first kappa shape index (κ1) is 21.1. The van der Waals surface area contributed by atoms with Gasteiger partial charge in [0.2, 0.25) is 15.9 Å². The molecule has 0 spiro atoms. The van der Waals surface area contributed by atoms with E-state index in [1.165, 1.54) is 23.5 Å². The quantitative estimate of drug-likeness (QED) is 0.723. The molecule has 2 aromatic carbocycles. The zero-order valence-corrected chi connectivity index (χ0v) is 17.8. The van der Waals surface area contributed by atoms with Gasteiger partial charge in [-0.3, -0.25) is 9.59 Å². The van der Waals surface area contributed by atoms with Crippen molar-refractivity contribution in [1.82, 2.24) is 9.62 Å². The number of rotatable bonds is 5. The normalized spacial score (nSPS) is 18.4. The van der Waals surface area contributed by atoms with E-state index >= 15 is 0 Å². The van der Waals surface area contributed by atoms with E-state index in [9.17, 15) is 18.0 Å². The Morgan fingerprint density at radius 1 is 1.03 bits per heavy atom. The predicted octanol–water partition coefficient (Wildman–Crippen LogP) is 1.61. The number of anilines is 1. The molecular formula is C21H23N3O6S. The van der Waals surface area contributed by atoms with Gasteiger partial charge >= 0.3 is 0 Å². The first-order valence-electron chi connectivity index (χ1n) is 9.94. The Bertz CT molecular complexity index is 1100. The fraction of sp³-hybridized carbons (Fsp3) is 0.333. The van der Waals surface area contributed by atoms with Gasteiger partial charge in [0.1, 0.15) is 19.3 Å². The summed E-state index contributed by atoms with van der Waals surface area (Å²) in [6, 6.07) is 10.0. The SMILES string of the molecule is CNC(=O)c1ccc(NC(=O)C2CCCN2S(=O)(=O)c2ccc3c(c2)OCCO3)cc1. The molecule has 2 heterocycles. The number of amides is 2. The molecule has 4 rings (SSSR count). The number of ether oxygens (including phenoxy) is 2. The molecule has 0 bridgehead atoms. The molecule has 9 nitrogen and oxygen atoms in total. The third kappa shape index (κ3) is 4.21. The summed E-state index contributed by atoms with van der Waals surface area (Å²) in [6.45, 7) is 1.02. The molecule has 0 radical (unpaired) electrons. The molecule has 2 aliphatic rings. The first-order chi connectivity index (χ1) is 14.9. The van der Waals surface area contributed by atoms with Crippen LogP contribution in [-0.4, -0.2) is 57.4 Å². The average molecular weight is 445 g/mol. The monoisotopic (exact) mass is 445 g/mol. The second kappa shape index (κ2) is 8.56. The van der Waals surface area contributed by atoms with Crippen molar-refractivity contribution in [3.63, 3.8) is 0 Å². The Labute approximate surface area is 180 Å². The molecule has 2 N–H and O–H groups in total. The van der Waals surface area contributed by atoms with Gasteiger partial charge in [-0.25, -0.2) is 8.42 Å². The number of hydrogen-bond donors (Lipinski definition) is 2. The summed E-state index contributed by atoms with van der Waals surface area (Å²) in [5, 5.41) is 5.28. The number of benzene rings is 2. The van der Waals surface area contributed by atoms with Gasteiger partial charge in [0.05, 0.1) is 4.90 Å². The summed E-state index contributed by atoms with van der Waals surface area (Å²) in [4.78, 5) is 24.6. The lowest BCUT2D eigenvalue weighted by Gasteiger charge is -2.24. The molecule has 1 atom stereocenters. The zero-order chi connectivity index (χ0) is 22.0. The van der Waals surface area contributed by atoms with E-state index in [4.69, 9.17) is 9.47 Å². The molecule has 0 saturated carbocycles. The lowest BCUT2D eigenvalue weighted by atomic mass is 10.1. The third-order valence-electron chi connectivity index (χ3n) is 5.27. The lowest BCUT2D eigenvalue weighted by Crippen LogP contribution is -2.43. The van der Waals surface area contributed by atoms with Crippen molar-refractivity contribution in [3.05, 3.63) is 48.0 Å². The van der Waals surface area contributed by atoms with Gasteiger partial charge < -0.3 is 20.1 Å². The molecule has 0 aliphatic carbocycles. The molecule has 1 fully saturated rings. The van der Waals surface area contributed by atoms with Crippen LogP contribution in [0.2, 0.25) is 0 Å². The Morgan fingerprint density at radius 3 is 2.45 bits per heavy atom. The summed E-state index contributed by atoms with van der Waals surface area (Å²) >= 11 is 0. The fourth-order valence-corrected chi connectivity index (χ4v) is 5.36. The van der Waals surface area contributed by atoms with Crippen LogP contribution >= 0.6 is 0 Å². The van der Waals surface area contributed by atoms with Crippen LogP contribution < -0.4 is 20.1 Å². The molecule has 10 heteroatoms. The minimum atomic E-state index is -3.90. The van der Waals surface area contributed by atoms with E-state index in [0.717, 1.165) is 0 Å². The van der Waals surface area contributed by atoms with E-state index in [1.54, 1.807) is 30.3 Å². The van der Waals surface area contributed by atoms with Crippen LogP contribution in [-0.2, 0) is 14.8 Å². The molecule has 2 amide bonds. The maximum absolute atomic E-state index is 13.2. The molecule has 2 aromatic rings. The van der Waals surface area contributed by atoms with E-state index in [2.05, 4.69) is 10.6 Å². The Balaban J connectivity index is 1.51. The second-order valence-corrected chi connectivity index (χ2v) is 9.12. The number of fused-ring (bicyclic) bond motifs is 1. The lowest BCUT2D eigenvalue weighted by molar-refractivity contribution is -0.119. The predicted molar refractivity (Wildman–Crippen MR) is 113 cm³/mol. The van der Waals surface area contributed by atoms with Gasteiger partial charge in [-0.05, 0) is 49.2 Å². The van der Waals surface area contributed by atoms with Gasteiger partial charge in [-0.15, -0.1) is 0 Å². The largest absolute Gasteiger partial charge is 0.486 e. The third-order valence-corrected chi connectivity index (χ3v) is 7.17. The highest BCUT2D eigenvalue weighted by Crippen LogP contribution is 2.35. The number of carbonyl (C=O) groups is 2. The van der Waals surface area contributed by atoms with Crippen molar-refractivity contribution in [2.45, 2.75) is 23.8 Å². The molecule has 1 unspecified atom stereocenters. The van der Waals surface area contributed by atoms with E-state index in [0.29, 0.717) is 48.8 Å². The molecule has 1 saturated heterocycles. The second-order valence-electron chi connectivity index (χ2n) is 7.22. The van der Waals surface area contributed by atoms with Gasteiger partial charge in [-0.1, -0.05) is 0 Å². The minimum Gasteiger partial charge on any atom is -0.486 e. The molecule has 2 aliphatic heterocycles. The van der Waals surface area contributed by atoms with Gasteiger partial charge in [-0.2, -0.15) is 4.31 Å². The zero-order valence-electron chi connectivity index (χ0n) is 17.0. The van der Waals surface area contributed by atoms with E-state index in [-0.39, 0.29) is 17.3 Å². The van der Waals surface area contributed by atoms with Gasteiger partial charge in [0.25, 0.3) is 5.91 Å². The summed E-state index contributed by atoms with van der Waals surface area (Å²) < 4.78 is 38.7. The van der Waals surface area contributed by atoms with Crippen LogP contribution in [0.3, 0.4) is 0 Å². The van der Waals surface area contributed by atoms with Gasteiger partial charge in [0.15, 0.2) is 11.5 Å². The maximum atomic E-state index is 13.2. The van der Waals surface area contributed by atoms with Crippen LogP contribution in [0.1, 0.15) is 23.2 Å². The van der Waals surface area contributed by atoms with Crippen molar-refractivity contribution in [3.8, 4) is 11.5 Å². The van der Waals surface area contributed by atoms with Crippen molar-refractivity contribution >= 4 is 27.5 Å². The average Bonchev–Trinajstić information content (AvgIpc) is 3.30. The maximum Gasteiger partial charge on any atom is 0.251 e. The van der Waals surface area contributed by atoms with E-state index in [1.807, 2.05) is 0 Å². The molecule has 31 heavy (non-hydrogen) atoms. The highest BCUT2D eigenvalue weighted by molar-refractivity contribution is 7.89. The Morgan fingerprint density at radius 2 is 1.74 bits per heavy atom. The molecule has 164 valence electrons. The summed E-state index contributed by atoms with van der Waals surface area (Å²) in [5.74, 6) is 0.238. The van der Waals surface area contributed by atoms with Gasteiger partial charge in [0, 0.05) is 30.9 Å². The van der Waals surface area contributed by atoms with Crippen molar-refractivity contribution in [2.75, 3.05) is 32.1 Å².